The van der Waals surface area contributed by atoms with E-state index in [0.29, 0.717) is 17.2 Å². The van der Waals surface area contributed by atoms with Gasteiger partial charge in [-0.3, -0.25) is 10.1 Å². The fraction of sp³-hybridized carbons (Fsp3) is 0. The van der Waals surface area contributed by atoms with Crippen molar-refractivity contribution in [1.29, 1.82) is 0 Å². The molecular formula is C16H12N4O4. The van der Waals surface area contributed by atoms with Gasteiger partial charge in [-0.2, -0.15) is 9.78 Å². The molecule has 2 aromatic carbocycles. The number of rotatable bonds is 4. The molecule has 1 aromatic heterocycles. The molecule has 0 aliphatic heterocycles. The normalized spacial score (nSPS) is 10.3. The van der Waals surface area contributed by atoms with Gasteiger partial charge in [0.2, 0.25) is 0 Å². The number of nitro groups is 1. The van der Waals surface area contributed by atoms with Crippen molar-refractivity contribution < 1.29 is 14.5 Å². The molecule has 3 rings (SSSR count). The van der Waals surface area contributed by atoms with Crippen LogP contribution in [0.1, 0.15) is 0 Å². The van der Waals surface area contributed by atoms with Crippen molar-refractivity contribution in [3.63, 3.8) is 0 Å². The highest BCUT2D eigenvalue weighted by Gasteiger charge is 2.07. The molecule has 1 heterocycles. The predicted molar refractivity (Wildman–Crippen MR) is 85.8 cm³/mol. The lowest BCUT2D eigenvalue weighted by atomic mass is 10.1. The fourth-order valence-corrected chi connectivity index (χ4v) is 2.07. The Labute approximate surface area is 136 Å². The van der Waals surface area contributed by atoms with Gasteiger partial charge in [0.05, 0.1) is 10.6 Å². The Kier molecular flexibility index (Phi) is 3.94. The number of primary amides is 1. The van der Waals surface area contributed by atoms with Crippen molar-refractivity contribution in [2.75, 3.05) is 0 Å². The number of ether oxygens (including phenoxy) is 1. The average molecular weight is 324 g/mol. The van der Waals surface area contributed by atoms with Crippen LogP contribution >= 0.6 is 0 Å². The highest BCUT2D eigenvalue weighted by atomic mass is 16.6. The number of nitrogens with zero attached hydrogens (tertiary/aromatic N) is 3. The van der Waals surface area contributed by atoms with Gasteiger partial charge in [0.25, 0.3) is 5.69 Å². The van der Waals surface area contributed by atoms with Crippen molar-refractivity contribution in [2.24, 2.45) is 5.73 Å². The minimum atomic E-state index is -0.653. The molecule has 0 unspecified atom stereocenters. The Hall–Kier alpha value is -3.68. The van der Waals surface area contributed by atoms with Crippen LogP contribution in [0.2, 0.25) is 0 Å². The van der Waals surface area contributed by atoms with E-state index in [0.717, 1.165) is 10.2 Å². The lowest BCUT2D eigenvalue weighted by Crippen LogP contribution is -2.19. The standard InChI is InChI=1S/C16H12N4O4/c17-16(21)19-10-9-15(18-19)11-1-5-13(6-2-11)24-14-7-3-12(4-8-14)20(22)23/h1-10H,(H2,17,21). The summed E-state index contributed by atoms with van der Waals surface area (Å²) in [5.41, 5.74) is 6.55. The quantitative estimate of drug-likeness (QED) is 0.585. The van der Waals surface area contributed by atoms with Crippen LogP contribution in [-0.2, 0) is 0 Å². The van der Waals surface area contributed by atoms with E-state index in [1.54, 1.807) is 30.3 Å². The van der Waals surface area contributed by atoms with E-state index in [1.165, 1.54) is 30.5 Å². The number of hydrogen-bond acceptors (Lipinski definition) is 5. The van der Waals surface area contributed by atoms with E-state index in [1.807, 2.05) is 0 Å². The molecule has 2 N–H and O–H groups in total. The SMILES string of the molecule is NC(=O)n1ccc(-c2ccc(Oc3ccc([N+](=O)[O-])cc3)cc2)n1. The van der Waals surface area contributed by atoms with Crippen LogP contribution in [0.5, 0.6) is 11.5 Å². The summed E-state index contributed by atoms with van der Waals surface area (Å²) in [6, 6.07) is 13.9. The maximum atomic E-state index is 11.0. The highest BCUT2D eigenvalue weighted by molar-refractivity contribution is 5.74. The zero-order valence-electron chi connectivity index (χ0n) is 12.3. The van der Waals surface area contributed by atoms with Gasteiger partial charge in [0.15, 0.2) is 0 Å². The molecule has 3 aromatic rings. The van der Waals surface area contributed by atoms with E-state index in [4.69, 9.17) is 10.5 Å². The molecule has 0 saturated heterocycles. The number of benzene rings is 2. The van der Waals surface area contributed by atoms with Crippen molar-refractivity contribution in [3.05, 3.63) is 70.9 Å². The van der Waals surface area contributed by atoms with Gasteiger partial charge < -0.3 is 10.5 Å². The second kappa shape index (κ2) is 6.21. The van der Waals surface area contributed by atoms with Crippen LogP contribution in [0.4, 0.5) is 10.5 Å². The third kappa shape index (κ3) is 3.22. The average Bonchev–Trinajstić information content (AvgIpc) is 3.06. The summed E-state index contributed by atoms with van der Waals surface area (Å²) in [6.45, 7) is 0. The molecule has 1 amide bonds. The van der Waals surface area contributed by atoms with Crippen LogP contribution < -0.4 is 10.5 Å². The summed E-state index contributed by atoms with van der Waals surface area (Å²) in [5.74, 6) is 1.06. The summed E-state index contributed by atoms with van der Waals surface area (Å²) < 4.78 is 6.68. The number of carbonyl (C=O) groups excluding carboxylic acids is 1. The van der Waals surface area contributed by atoms with Crippen molar-refractivity contribution in [3.8, 4) is 22.8 Å². The summed E-state index contributed by atoms with van der Waals surface area (Å²) in [4.78, 5) is 21.2. The summed E-state index contributed by atoms with van der Waals surface area (Å²) in [6.07, 6.45) is 1.49. The zero-order chi connectivity index (χ0) is 17.1. The summed E-state index contributed by atoms with van der Waals surface area (Å²) >= 11 is 0. The molecule has 8 heteroatoms. The number of nitrogens with two attached hydrogens (primary N) is 1. The van der Waals surface area contributed by atoms with Gasteiger partial charge in [-0.25, -0.2) is 4.79 Å². The van der Waals surface area contributed by atoms with Gasteiger partial charge in [-0.1, -0.05) is 0 Å². The Morgan fingerprint density at radius 3 is 2.12 bits per heavy atom. The van der Waals surface area contributed by atoms with Gasteiger partial charge in [0, 0.05) is 23.9 Å². The molecule has 120 valence electrons. The van der Waals surface area contributed by atoms with Gasteiger partial charge in [-0.15, -0.1) is 0 Å². The lowest BCUT2D eigenvalue weighted by Gasteiger charge is -2.06. The molecule has 0 aliphatic carbocycles. The third-order valence-corrected chi connectivity index (χ3v) is 3.25. The first kappa shape index (κ1) is 15.2. The molecule has 24 heavy (non-hydrogen) atoms. The topological polar surface area (TPSA) is 113 Å². The number of non-ortho nitro benzene ring substituents is 1. The number of amides is 1. The van der Waals surface area contributed by atoms with Gasteiger partial charge >= 0.3 is 6.03 Å². The Bertz CT molecular complexity index is 885. The minimum Gasteiger partial charge on any atom is -0.457 e. The highest BCUT2D eigenvalue weighted by Crippen LogP contribution is 2.26. The van der Waals surface area contributed by atoms with E-state index >= 15 is 0 Å². The Balaban J connectivity index is 1.74. The molecule has 0 spiro atoms. The number of hydrogen-bond donors (Lipinski definition) is 1. The molecule has 0 atom stereocenters. The molecule has 0 fully saturated rings. The third-order valence-electron chi connectivity index (χ3n) is 3.25. The van der Waals surface area contributed by atoms with Gasteiger partial charge in [0.1, 0.15) is 11.5 Å². The van der Waals surface area contributed by atoms with Crippen LogP contribution in [0.3, 0.4) is 0 Å². The summed E-state index contributed by atoms with van der Waals surface area (Å²) in [5, 5.41) is 14.7. The molecular weight excluding hydrogens is 312 g/mol. The van der Waals surface area contributed by atoms with E-state index in [9.17, 15) is 14.9 Å². The van der Waals surface area contributed by atoms with E-state index < -0.39 is 11.0 Å². The molecule has 0 bridgehead atoms. The first-order valence-corrected chi connectivity index (χ1v) is 6.91. The summed E-state index contributed by atoms with van der Waals surface area (Å²) in [7, 11) is 0. The molecule has 0 radical (unpaired) electrons. The fourth-order valence-electron chi connectivity index (χ4n) is 2.07. The molecule has 0 saturated carbocycles. The van der Waals surface area contributed by atoms with Crippen molar-refractivity contribution in [1.82, 2.24) is 9.78 Å². The maximum Gasteiger partial charge on any atom is 0.339 e. The van der Waals surface area contributed by atoms with Crippen LogP contribution in [-0.4, -0.2) is 20.7 Å². The second-order valence-corrected chi connectivity index (χ2v) is 4.86. The van der Waals surface area contributed by atoms with Crippen LogP contribution in [0, 0.1) is 10.1 Å². The monoisotopic (exact) mass is 324 g/mol. The number of nitro benzene ring substituents is 1. The second-order valence-electron chi connectivity index (χ2n) is 4.86. The lowest BCUT2D eigenvalue weighted by molar-refractivity contribution is -0.384. The van der Waals surface area contributed by atoms with E-state index in [2.05, 4.69) is 5.10 Å². The first-order chi connectivity index (χ1) is 11.5. The minimum absolute atomic E-state index is 0.00253. The van der Waals surface area contributed by atoms with Crippen LogP contribution in [0.25, 0.3) is 11.3 Å². The van der Waals surface area contributed by atoms with E-state index in [-0.39, 0.29) is 5.69 Å². The number of aromatic nitrogens is 2. The molecule has 8 nitrogen and oxygen atoms in total. The number of carbonyl (C=O) groups is 1. The van der Waals surface area contributed by atoms with Gasteiger partial charge in [-0.05, 0) is 42.5 Å². The zero-order valence-corrected chi connectivity index (χ0v) is 12.3. The first-order valence-electron chi connectivity index (χ1n) is 6.91. The molecule has 0 aliphatic rings. The smallest absolute Gasteiger partial charge is 0.339 e. The predicted octanol–water partition coefficient (Wildman–Crippen LogP) is 3.18. The Morgan fingerprint density at radius 1 is 1.04 bits per heavy atom. The van der Waals surface area contributed by atoms with Crippen molar-refractivity contribution >= 4 is 11.7 Å². The maximum absolute atomic E-state index is 11.0. The van der Waals surface area contributed by atoms with Crippen LogP contribution in [0.15, 0.2) is 60.8 Å². The van der Waals surface area contributed by atoms with Crippen molar-refractivity contribution in [2.45, 2.75) is 0 Å². The Morgan fingerprint density at radius 2 is 1.62 bits per heavy atom. The largest absolute Gasteiger partial charge is 0.457 e.